The second-order valence-corrected chi connectivity index (χ2v) is 6.74. The van der Waals surface area contributed by atoms with Gasteiger partial charge in [0.25, 0.3) is 0 Å². The van der Waals surface area contributed by atoms with Crippen molar-refractivity contribution in [3.05, 3.63) is 0 Å². The van der Waals surface area contributed by atoms with E-state index in [9.17, 15) is 4.79 Å². The van der Waals surface area contributed by atoms with Crippen molar-refractivity contribution >= 4 is 5.91 Å². The highest BCUT2D eigenvalue weighted by molar-refractivity contribution is 5.76. The lowest BCUT2D eigenvalue weighted by molar-refractivity contribution is -0.122. The highest BCUT2D eigenvalue weighted by atomic mass is 16.1. The fourth-order valence-electron chi connectivity index (χ4n) is 3.82. The maximum atomic E-state index is 12.1. The molecule has 2 atom stereocenters. The van der Waals surface area contributed by atoms with Crippen molar-refractivity contribution in [2.75, 3.05) is 13.1 Å². The van der Waals surface area contributed by atoms with Gasteiger partial charge in [-0.3, -0.25) is 4.79 Å². The molecule has 0 aromatic heterocycles. The molecule has 0 bridgehead atoms. The van der Waals surface area contributed by atoms with Gasteiger partial charge in [0.1, 0.15) is 0 Å². The van der Waals surface area contributed by atoms with Crippen molar-refractivity contribution in [2.45, 2.75) is 77.2 Å². The number of hydrogen-bond acceptors (Lipinski definition) is 2. The molecule has 1 aliphatic heterocycles. The quantitative estimate of drug-likeness (QED) is 0.751. The maximum Gasteiger partial charge on any atom is 0.220 e. The first-order valence-electron chi connectivity index (χ1n) is 8.79. The van der Waals surface area contributed by atoms with Gasteiger partial charge in [-0.25, -0.2) is 0 Å². The Labute approximate surface area is 124 Å². The first kappa shape index (κ1) is 15.8. The van der Waals surface area contributed by atoms with E-state index in [0.29, 0.717) is 11.9 Å². The Bertz CT molecular complexity index is 287. The standard InChI is InChI=1S/C17H32N2O/c1-2-3-5-15-6-4-7-16(15)19-17(20)9-8-14-10-12-18-13-11-14/h14-16,18H,2-13H2,1H3,(H,19,20). The molecule has 1 saturated heterocycles. The van der Waals surface area contributed by atoms with E-state index in [1.807, 2.05) is 0 Å². The minimum absolute atomic E-state index is 0.303. The Morgan fingerprint density at radius 3 is 2.70 bits per heavy atom. The molecule has 2 fully saturated rings. The summed E-state index contributed by atoms with van der Waals surface area (Å²) in [5, 5.41) is 6.71. The SMILES string of the molecule is CCCCC1CCCC1NC(=O)CCC1CCNCC1. The van der Waals surface area contributed by atoms with E-state index < -0.39 is 0 Å². The number of rotatable bonds is 7. The Kier molecular flexibility index (Phi) is 6.85. The van der Waals surface area contributed by atoms with Gasteiger partial charge in [-0.15, -0.1) is 0 Å². The third-order valence-corrected chi connectivity index (χ3v) is 5.17. The molecule has 0 aromatic rings. The minimum atomic E-state index is 0.303. The van der Waals surface area contributed by atoms with Crippen LogP contribution < -0.4 is 10.6 Å². The molecular weight excluding hydrogens is 248 g/mol. The summed E-state index contributed by atoms with van der Waals surface area (Å²) in [6, 6.07) is 0.474. The van der Waals surface area contributed by atoms with Crippen LogP contribution in [0.5, 0.6) is 0 Å². The minimum Gasteiger partial charge on any atom is -0.353 e. The van der Waals surface area contributed by atoms with Crippen LogP contribution in [-0.4, -0.2) is 25.0 Å². The monoisotopic (exact) mass is 280 g/mol. The van der Waals surface area contributed by atoms with Crippen molar-refractivity contribution in [3.63, 3.8) is 0 Å². The molecular formula is C17H32N2O. The Morgan fingerprint density at radius 1 is 1.15 bits per heavy atom. The number of nitrogens with one attached hydrogen (secondary N) is 2. The van der Waals surface area contributed by atoms with Gasteiger partial charge in [0, 0.05) is 12.5 Å². The lowest BCUT2D eigenvalue weighted by atomic mass is 9.92. The summed E-state index contributed by atoms with van der Waals surface area (Å²) < 4.78 is 0. The van der Waals surface area contributed by atoms with Crippen LogP contribution in [0.1, 0.15) is 71.1 Å². The number of amides is 1. The van der Waals surface area contributed by atoms with Gasteiger partial charge in [0.15, 0.2) is 0 Å². The first-order chi connectivity index (χ1) is 9.79. The third-order valence-electron chi connectivity index (χ3n) is 5.17. The van der Waals surface area contributed by atoms with Crippen molar-refractivity contribution in [3.8, 4) is 0 Å². The van der Waals surface area contributed by atoms with E-state index in [0.717, 1.165) is 37.8 Å². The Balaban J connectivity index is 1.65. The lowest BCUT2D eigenvalue weighted by Crippen LogP contribution is -2.37. The fraction of sp³-hybridized carbons (Fsp3) is 0.941. The predicted molar refractivity (Wildman–Crippen MR) is 83.6 cm³/mol. The van der Waals surface area contributed by atoms with E-state index in [4.69, 9.17) is 0 Å². The average molecular weight is 280 g/mol. The molecule has 2 aliphatic rings. The number of carbonyl (C=O) groups is 1. The second-order valence-electron chi connectivity index (χ2n) is 6.74. The van der Waals surface area contributed by atoms with E-state index in [-0.39, 0.29) is 0 Å². The number of hydrogen-bond donors (Lipinski definition) is 2. The van der Waals surface area contributed by atoms with E-state index >= 15 is 0 Å². The van der Waals surface area contributed by atoms with E-state index in [1.165, 1.54) is 51.4 Å². The molecule has 2 rings (SSSR count). The largest absolute Gasteiger partial charge is 0.353 e. The smallest absolute Gasteiger partial charge is 0.220 e. The van der Waals surface area contributed by atoms with Gasteiger partial charge in [-0.2, -0.15) is 0 Å². The van der Waals surface area contributed by atoms with Crippen LogP contribution in [0.3, 0.4) is 0 Å². The molecule has 20 heavy (non-hydrogen) atoms. The summed E-state index contributed by atoms with van der Waals surface area (Å²) in [6.45, 7) is 4.52. The van der Waals surface area contributed by atoms with Crippen LogP contribution in [-0.2, 0) is 4.79 Å². The number of piperidine rings is 1. The number of unbranched alkanes of at least 4 members (excludes halogenated alkanes) is 1. The maximum absolute atomic E-state index is 12.1. The zero-order valence-corrected chi connectivity index (χ0v) is 13.1. The Hall–Kier alpha value is -0.570. The third kappa shape index (κ3) is 5.08. The zero-order chi connectivity index (χ0) is 14.2. The molecule has 1 saturated carbocycles. The van der Waals surface area contributed by atoms with Gasteiger partial charge in [0.2, 0.25) is 5.91 Å². The Morgan fingerprint density at radius 2 is 1.95 bits per heavy atom. The average Bonchev–Trinajstić information content (AvgIpc) is 2.91. The lowest BCUT2D eigenvalue weighted by Gasteiger charge is -2.24. The zero-order valence-electron chi connectivity index (χ0n) is 13.1. The summed E-state index contributed by atoms with van der Waals surface area (Å²) in [5.74, 6) is 1.82. The van der Waals surface area contributed by atoms with Crippen LogP contribution in [0.15, 0.2) is 0 Å². The van der Waals surface area contributed by atoms with Crippen molar-refractivity contribution in [1.82, 2.24) is 10.6 Å². The summed E-state index contributed by atoms with van der Waals surface area (Å²) in [5.41, 5.74) is 0. The fourth-order valence-corrected chi connectivity index (χ4v) is 3.82. The molecule has 0 radical (unpaired) electrons. The molecule has 2 N–H and O–H groups in total. The number of carbonyl (C=O) groups excluding carboxylic acids is 1. The van der Waals surface area contributed by atoms with Crippen molar-refractivity contribution < 1.29 is 4.79 Å². The topological polar surface area (TPSA) is 41.1 Å². The summed E-state index contributed by atoms with van der Waals surface area (Å²) in [4.78, 5) is 12.1. The van der Waals surface area contributed by atoms with Gasteiger partial charge in [-0.05, 0) is 63.5 Å². The molecule has 3 nitrogen and oxygen atoms in total. The summed E-state index contributed by atoms with van der Waals surface area (Å²) in [7, 11) is 0. The molecule has 1 amide bonds. The van der Waals surface area contributed by atoms with Crippen molar-refractivity contribution in [2.24, 2.45) is 11.8 Å². The molecule has 1 heterocycles. The van der Waals surface area contributed by atoms with Crippen LogP contribution in [0, 0.1) is 11.8 Å². The van der Waals surface area contributed by atoms with Crippen LogP contribution >= 0.6 is 0 Å². The normalized spacial score (nSPS) is 27.6. The van der Waals surface area contributed by atoms with E-state index in [1.54, 1.807) is 0 Å². The highest BCUT2D eigenvalue weighted by Gasteiger charge is 2.27. The predicted octanol–water partition coefficient (Wildman–Crippen LogP) is 3.24. The second kappa shape index (κ2) is 8.66. The van der Waals surface area contributed by atoms with Gasteiger partial charge >= 0.3 is 0 Å². The van der Waals surface area contributed by atoms with Gasteiger partial charge < -0.3 is 10.6 Å². The molecule has 2 unspecified atom stereocenters. The first-order valence-corrected chi connectivity index (χ1v) is 8.79. The van der Waals surface area contributed by atoms with Gasteiger partial charge in [-0.1, -0.05) is 26.2 Å². The van der Waals surface area contributed by atoms with Crippen LogP contribution in [0.4, 0.5) is 0 Å². The van der Waals surface area contributed by atoms with Gasteiger partial charge in [0.05, 0.1) is 0 Å². The molecule has 3 heteroatoms. The molecule has 1 aliphatic carbocycles. The van der Waals surface area contributed by atoms with E-state index in [2.05, 4.69) is 17.6 Å². The molecule has 0 spiro atoms. The summed E-state index contributed by atoms with van der Waals surface area (Å²) in [6.07, 6.45) is 12.0. The molecule has 116 valence electrons. The van der Waals surface area contributed by atoms with Crippen LogP contribution in [0.2, 0.25) is 0 Å². The molecule has 0 aromatic carbocycles. The highest BCUT2D eigenvalue weighted by Crippen LogP contribution is 2.30. The van der Waals surface area contributed by atoms with Crippen LogP contribution in [0.25, 0.3) is 0 Å². The van der Waals surface area contributed by atoms with Crippen molar-refractivity contribution in [1.29, 1.82) is 0 Å². The summed E-state index contributed by atoms with van der Waals surface area (Å²) >= 11 is 0.